The summed E-state index contributed by atoms with van der Waals surface area (Å²) in [7, 11) is 0. The van der Waals surface area contributed by atoms with Crippen LogP contribution < -0.4 is 10.9 Å². The molecule has 6 nitrogen and oxygen atoms in total. The van der Waals surface area contributed by atoms with E-state index in [1.807, 2.05) is 0 Å². The van der Waals surface area contributed by atoms with Crippen LogP contribution in [0.15, 0.2) is 10.8 Å². The molecule has 148 valence electrons. The van der Waals surface area contributed by atoms with Crippen molar-refractivity contribution in [1.29, 1.82) is 1.43 Å². The lowest BCUT2D eigenvalue weighted by Gasteiger charge is -2.26. The Kier molecular flexibility index (Phi) is 2.97. The minimum Gasteiger partial charge on any atom is -0.506 e. The molecule has 0 aromatic carbocycles. The molecule has 1 fully saturated rings. The van der Waals surface area contributed by atoms with Crippen LogP contribution in [0.2, 0.25) is 5.75 Å². The summed E-state index contributed by atoms with van der Waals surface area (Å²) in [6, 6.07) is -3.31. The maximum absolute atomic E-state index is 13.6. The number of thiophene rings is 1. The van der Waals surface area contributed by atoms with Crippen molar-refractivity contribution in [3.8, 4) is 5.75 Å². The van der Waals surface area contributed by atoms with E-state index in [0.29, 0.717) is 15.9 Å². The largest absolute Gasteiger partial charge is 0.506 e. The third kappa shape index (κ3) is 4.31. The zero-order valence-corrected chi connectivity index (χ0v) is 16.0. The molecule has 2 N–H and O–H groups in total. The number of piperidine rings is 1. The Morgan fingerprint density at radius 2 is 2.48 bits per heavy atom. The van der Waals surface area contributed by atoms with Crippen LogP contribution in [0, 0.1) is 0 Å². The summed E-state index contributed by atoms with van der Waals surface area (Å²) < 4.78 is 105. The molecule has 3 rings (SSSR count). The van der Waals surface area contributed by atoms with E-state index in [2.05, 4.69) is 5.11 Å². The number of hydrogen-bond donors (Lipinski definition) is 2. The van der Waals surface area contributed by atoms with Crippen molar-refractivity contribution in [2.24, 2.45) is 0 Å². The normalized spacial score (nSPS) is 28.0. The smallest absolute Gasteiger partial charge is 0.293 e. The highest BCUT2D eigenvalue weighted by molar-refractivity contribution is 7.22. The van der Waals surface area contributed by atoms with Gasteiger partial charge in [-0.2, -0.15) is 0 Å². The van der Waals surface area contributed by atoms with E-state index in [4.69, 9.17) is 29.5 Å². The fraction of sp³-hybridized carbons (Fsp3) is 0.579. The molecule has 2 aromatic rings. The lowest BCUT2D eigenvalue weighted by molar-refractivity contribution is 0.0946. The number of pyridine rings is 1. The number of fused-ring (bicyclic) bond motifs is 1. The third-order valence-electron chi connectivity index (χ3n) is 3.93. The summed E-state index contributed by atoms with van der Waals surface area (Å²) in [5.74, 6) is -2.63. The molecule has 1 unspecified atom stereocenters. The number of hydrogen-bond acceptors (Lipinski definition) is 5. The lowest BCUT2D eigenvalue weighted by atomic mass is 10.1. The van der Waals surface area contributed by atoms with E-state index in [9.17, 15) is 9.59 Å². The van der Waals surface area contributed by atoms with Crippen molar-refractivity contribution in [3.63, 3.8) is 0 Å². The van der Waals surface area contributed by atoms with Crippen molar-refractivity contribution < 1.29 is 26.4 Å². The van der Waals surface area contributed by atoms with Gasteiger partial charge in [-0.25, -0.2) is 0 Å². The zero-order chi connectivity index (χ0) is 30.8. The van der Waals surface area contributed by atoms with Crippen LogP contribution in [-0.2, 0) is 0 Å². The molecule has 0 aliphatic carbocycles. The Labute approximate surface area is 186 Å². The van der Waals surface area contributed by atoms with Crippen molar-refractivity contribution in [2.45, 2.75) is 45.4 Å². The average molecular weight is 425 g/mol. The molecule has 1 amide bonds. The fourth-order valence-electron chi connectivity index (χ4n) is 2.68. The summed E-state index contributed by atoms with van der Waals surface area (Å²) in [6.07, 6.45) is -2.64. The van der Waals surface area contributed by atoms with Gasteiger partial charge in [0, 0.05) is 24.9 Å². The van der Waals surface area contributed by atoms with E-state index in [1.165, 1.54) is 4.90 Å². The van der Waals surface area contributed by atoms with Crippen LogP contribution in [0.3, 0.4) is 0 Å². The molecule has 0 spiro atoms. The van der Waals surface area contributed by atoms with Gasteiger partial charge in [-0.3, -0.25) is 14.2 Å². The van der Waals surface area contributed by atoms with Gasteiger partial charge >= 0.3 is 0 Å². The molecule has 1 saturated heterocycles. The van der Waals surface area contributed by atoms with Crippen LogP contribution in [0.5, 0.6) is 5.75 Å². The van der Waals surface area contributed by atoms with Crippen LogP contribution in [-0.4, -0.2) is 48.0 Å². The number of carbonyl (C=O) groups is 1. The first-order valence-corrected chi connectivity index (χ1v) is 9.29. The molecule has 8 heteroatoms. The number of aromatic hydroxyl groups is 1. The number of nitrogens with zero attached hydrogens (tertiary/aromatic N) is 2. The third-order valence-corrected chi connectivity index (χ3v) is 5.11. The molecule has 1 aliphatic heterocycles. The SMILES string of the molecule is [2H]Oc1c(C(=O)N([2H])C([2H])([2H])CC([2H])([2H])N2CCC([2H])([2H])CC2)c(=O)n(C([2H])(C)C([2H])([2H])[2H])c2sc(Cl)c([2H])c12. The predicted molar refractivity (Wildman–Crippen MR) is 110 cm³/mol. The molecule has 0 saturated carbocycles. The molecule has 1 atom stereocenters. The maximum atomic E-state index is 13.6. The number of amides is 1. The zero-order valence-electron chi connectivity index (χ0n) is 27.4. The second kappa shape index (κ2) is 8.63. The first kappa shape index (κ1) is 9.29. The molecule has 1 aliphatic rings. The van der Waals surface area contributed by atoms with Gasteiger partial charge in [-0.15, -0.1) is 11.3 Å². The first-order chi connectivity index (χ1) is 18.0. The monoisotopic (exact) mass is 424 g/mol. The minimum absolute atomic E-state index is 0.0170. The van der Waals surface area contributed by atoms with Crippen molar-refractivity contribution in [1.82, 2.24) is 14.8 Å². The van der Waals surface area contributed by atoms with Gasteiger partial charge in [-0.05, 0) is 58.7 Å². The number of carbonyl (C=O) groups excluding carboxylic acids is 1. The Balaban J connectivity index is 2.14. The molecule has 27 heavy (non-hydrogen) atoms. The predicted octanol–water partition coefficient (Wildman–Crippen LogP) is 3.61. The number of halogens is 1. The standard InChI is InChI=1S/C19H26ClN3O3S/c1-12(2)23-18(26)15(16(24)13-11-14(20)27-19(13)23)17(25)21-7-6-10-22-8-4-3-5-9-22/h11-12,24H,3-10H2,1-2H3,(H,21,25)/i1D3,3D2,7D2,10D2,11D,12D/hD2. The maximum Gasteiger partial charge on any atom is 0.293 e. The Bertz CT molecular complexity index is 1370. The van der Waals surface area contributed by atoms with Crippen molar-refractivity contribution in [2.75, 3.05) is 26.1 Å². The van der Waals surface area contributed by atoms with Crippen LogP contribution in [0.25, 0.3) is 10.2 Å². The van der Waals surface area contributed by atoms with Gasteiger partial charge in [0.1, 0.15) is 16.1 Å². The highest BCUT2D eigenvalue weighted by Crippen LogP contribution is 2.36. The van der Waals surface area contributed by atoms with Crippen LogP contribution in [0.1, 0.15) is 70.9 Å². The quantitative estimate of drug-likeness (QED) is 0.711. The molecule has 2 aromatic heterocycles. The van der Waals surface area contributed by atoms with E-state index in [1.54, 1.807) is 0 Å². The van der Waals surface area contributed by atoms with Gasteiger partial charge in [0.15, 0.2) is 1.41 Å². The fourth-order valence-corrected chi connectivity index (χ4v) is 3.87. The molecular formula is C19H26ClN3O3S. The Hall–Kier alpha value is -1.57. The Morgan fingerprint density at radius 1 is 1.70 bits per heavy atom. The highest BCUT2D eigenvalue weighted by Gasteiger charge is 2.24. The van der Waals surface area contributed by atoms with Gasteiger partial charge in [0.05, 0.1) is 12.5 Å². The van der Waals surface area contributed by atoms with Crippen molar-refractivity contribution >= 4 is 39.1 Å². The van der Waals surface area contributed by atoms with E-state index in [-0.39, 0.29) is 40.4 Å². The van der Waals surface area contributed by atoms with Crippen molar-refractivity contribution in [3.05, 3.63) is 26.3 Å². The summed E-state index contributed by atoms with van der Waals surface area (Å²) in [6.45, 7) is -7.96. The van der Waals surface area contributed by atoms with Crippen LogP contribution in [0.4, 0.5) is 0 Å². The average Bonchev–Trinajstić information content (AvgIpc) is 3.08. The summed E-state index contributed by atoms with van der Waals surface area (Å²) in [5, 5.41) is 3.67. The first-order valence-electron chi connectivity index (χ1n) is 14.5. The van der Waals surface area contributed by atoms with Gasteiger partial charge < -0.3 is 15.3 Å². The van der Waals surface area contributed by atoms with Gasteiger partial charge in [0.2, 0.25) is 0 Å². The van der Waals surface area contributed by atoms with E-state index in [0.717, 1.165) is 6.92 Å². The number of nitrogens with one attached hydrogen (secondary N) is 1. The second-order valence-electron chi connectivity index (χ2n) is 5.76. The van der Waals surface area contributed by atoms with Gasteiger partial charge in [-0.1, -0.05) is 18.0 Å². The highest BCUT2D eigenvalue weighted by atomic mass is 35.5. The van der Waals surface area contributed by atoms with Gasteiger partial charge in [0.25, 0.3) is 12.9 Å². The molecule has 0 bridgehead atoms. The van der Waals surface area contributed by atoms with E-state index < -0.39 is 72.9 Å². The summed E-state index contributed by atoms with van der Waals surface area (Å²) in [4.78, 5) is 27.9. The Morgan fingerprint density at radius 3 is 3.19 bits per heavy atom. The molecule has 0 radical (unpaired) electrons. The number of likely N-dealkylation sites (tertiary alicyclic amines) is 1. The number of rotatable bonds is 7. The molecular weight excluding hydrogens is 386 g/mol. The molecule has 3 heterocycles. The second-order valence-corrected chi connectivity index (χ2v) is 7.36. The summed E-state index contributed by atoms with van der Waals surface area (Å²) >= 11 is 6.57. The number of aromatic nitrogens is 1. The lowest BCUT2D eigenvalue weighted by Crippen LogP contribution is -2.36. The van der Waals surface area contributed by atoms with Crippen LogP contribution >= 0.6 is 22.9 Å². The summed E-state index contributed by atoms with van der Waals surface area (Å²) in [5.41, 5.74) is -2.72. The minimum atomic E-state index is -3.17. The topological polar surface area (TPSA) is 74.6 Å². The van der Waals surface area contributed by atoms with E-state index >= 15 is 0 Å².